The van der Waals surface area contributed by atoms with Gasteiger partial charge in [0.1, 0.15) is 12.2 Å². The Bertz CT molecular complexity index is 977. The largest absolute Gasteiger partial charge is 0.459 e. The average molecular weight is 563 g/mol. The molecule has 40 heavy (non-hydrogen) atoms. The van der Waals surface area contributed by atoms with Crippen molar-refractivity contribution in [3.63, 3.8) is 0 Å². The molecule has 0 unspecified atom stereocenters. The molecule has 2 aliphatic heterocycles. The average Bonchev–Trinajstić information content (AvgIpc) is 3.58. The third kappa shape index (κ3) is 11.1. The molecule has 2 rings (SSSR count). The van der Waals surface area contributed by atoms with Gasteiger partial charge in [-0.25, -0.2) is 4.79 Å². The fourth-order valence-electron chi connectivity index (χ4n) is 5.21. The zero-order chi connectivity index (χ0) is 30.2. The SMILES string of the molecule is C=C1/C=C(\C)[C@@](C)(O)C[C@@H](O)CC(=O)[C@@H](O)[C@H](O)[C@@H](C)C[C@@H](C)OC(=O)/C(C)=C\CC/C=C/[C@H]2O[C@@H]2C[C@@H](C)C1. The van der Waals surface area contributed by atoms with E-state index in [4.69, 9.17) is 9.47 Å². The number of carbonyl (C=O) groups excluding carboxylic acids is 2. The van der Waals surface area contributed by atoms with Gasteiger partial charge in [0.2, 0.25) is 0 Å². The Balaban J connectivity index is 2.15. The monoisotopic (exact) mass is 562 g/mol. The fraction of sp³-hybridized carbons (Fsp3) is 0.688. The highest BCUT2D eigenvalue weighted by Gasteiger charge is 2.37. The zero-order valence-electron chi connectivity index (χ0n) is 25.0. The van der Waals surface area contributed by atoms with Crippen molar-refractivity contribution >= 4 is 11.8 Å². The van der Waals surface area contributed by atoms with Crippen molar-refractivity contribution < 1.29 is 39.5 Å². The Morgan fingerprint density at radius 3 is 2.38 bits per heavy atom. The first-order valence-corrected chi connectivity index (χ1v) is 14.5. The standard InChI is InChI=1S/C32H50O8/c1-19-13-20(2)15-28-27(40-28)12-10-8-9-11-21(3)31(37)39-24(6)16-22(4)29(35)30(36)26(34)17-25(33)18-32(7,38)23(5)14-19/h10-12,14,20,22,24-25,27-30,33,35-36,38H,1,8-9,13,15-18H2,2-7H3/b12-10+,21-11-,23-14+/t20-,22-,24+,25-,27+,28+,29+,30+,32-/m0/s1. The Morgan fingerprint density at radius 2 is 1.70 bits per heavy atom. The normalized spacial score (nSPS) is 42.0. The van der Waals surface area contributed by atoms with Gasteiger partial charge in [0.15, 0.2) is 5.78 Å². The van der Waals surface area contributed by atoms with Crippen molar-refractivity contribution in [3.8, 4) is 0 Å². The van der Waals surface area contributed by atoms with Crippen LogP contribution in [0.15, 0.2) is 47.6 Å². The number of fused-ring (bicyclic) bond motifs is 1. The van der Waals surface area contributed by atoms with Crippen molar-refractivity contribution in [2.75, 3.05) is 0 Å². The molecule has 8 nitrogen and oxygen atoms in total. The Labute approximate surface area is 239 Å². The second kappa shape index (κ2) is 15.2. The maximum atomic E-state index is 12.6. The second-order valence-electron chi connectivity index (χ2n) is 12.2. The summed E-state index contributed by atoms with van der Waals surface area (Å²) >= 11 is 0. The molecule has 0 saturated carbocycles. The molecule has 1 fully saturated rings. The minimum atomic E-state index is -1.71. The lowest BCUT2D eigenvalue weighted by Gasteiger charge is -2.29. The molecule has 4 N–H and O–H groups in total. The molecule has 8 heteroatoms. The smallest absolute Gasteiger partial charge is 0.333 e. The van der Waals surface area contributed by atoms with E-state index in [1.54, 1.807) is 34.6 Å². The van der Waals surface area contributed by atoms with E-state index in [-0.39, 0.29) is 25.0 Å². The molecule has 2 aliphatic rings. The second-order valence-corrected chi connectivity index (χ2v) is 12.2. The zero-order valence-corrected chi connectivity index (χ0v) is 25.0. The van der Waals surface area contributed by atoms with E-state index in [9.17, 15) is 30.0 Å². The number of hydrogen-bond acceptors (Lipinski definition) is 8. The number of epoxide rings is 1. The van der Waals surface area contributed by atoms with E-state index in [1.807, 2.05) is 12.2 Å². The summed E-state index contributed by atoms with van der Waals surface area (Å²) in [6, 6.07) is 0. The summed E-state index contributed by atoms with van der Waals surface area (Å²) < 4.78 is 11.3. The van der Waals surface area contributed by atoms with Crippen molar-refractivity contribution in [3.05, 3.63) is 47.6 Å². The number of rotatable bonds is 0. The molecule has 0 bridgehead atoms. The van der Waals surface area contributed by atoms with Crippen LogP contribution in [0.5, 0.6) is 0 Å². The highest BCUT2D eigenvalue weighted by molar-refractivity contribution is 5.87. The predicted octanol–water partition coefficient (Wildman–Crippen LogP) is 4.11. The number of allylic oxidation sites excluding steroid dienone is 4. The maximum Gasteiger partial charge on any atom is 0.333 e. The van der Waals surface area contributed by atoms with E-state index in [0.29, 0.717) is 23.5 Å². The molecular weight excluding hydrogens is 512 g/mol. The van der Waals surface area contributed by atoms with Gasteiger partial charge < -0.3 is 29.9 Å². The number of aliphatic hydroxyl groups is 4. The number of ketones is 1. The van der Waals surface area contributed by atoms with Crippen molar-refractivity contribution in [2.45, 2.75) is 129 Å². The maximum absolute atomic E-state index is 12.6. The van der Waals surface area contributed by atoms with Crippen LogP contribution in [0.3, 0.4) is 0 Å². The van der Waals surface area contributed by atoms with Crippen LogP contribution in [0.4, 0.5) is 0 Å². The fourth-order valence-corrected chi connectivity index (χ4v) is 5.21. The van der Waals surface area contributed by atoms with Gasteiger partial charge in [0, 0.05) is 18.4 Å². The lowest BCUT2D eigenvalue weighted by Crippen LogP contribution is -2.41. The molecule has 226 valence electrons. The summed E-state index contributed by atoms with van der Waals surface area (Å²) in [5, 5.41) is 42.6. The van der Waals surface area contributed by atoms with E-state index in [0.717, 1.165) is 24.8 Å². The van der Waals surface area contributed by atoms with E-state index in [2.05, 4.69) is 25.7 Å². The number of ether oxygens (including phenoxy) is 2. The lowest BCUT2D eigenvalue weighted by molar-refractivity contribution is -0.146. The first-order valence-electron chi connectivity index (χ1n) is 14.5. The third-order valence-electron chi connectivity index (χ3n) is 7.89. The number of carbonyl (C=O) groups is 2. The van der Waals surface area contributed by atoms with Gasteiger partial charge in [-0.15, -0.1) is 0 Å². The molecule has 2 heterocycles. The molecule has 1 saturated heterocycles. The summed E-state index contributed by atoms with van der Waals surface area (Å²) in [4.78, 5) is 25.1. The Morgan fingerprint density at radius 1 is 1.02 bits per heavy atom. The molecule has 0 aromatic rings. The van der Waals surface area contributed by atoms with Crippen LogP contribution < -0.4 is 0 Å². The highest BCUT2D eigenvalue weighted by atomic mass is 16.6. The summed E-state index contributed by atoms with van der Waals surface area (Å²) in [7, 11) is 0. The highest BCUT2D eigenvalue weighted by Crippen LogP contribution is 2.33. The molecule has 0 radical (unpaired) electrons. The molecular formula is C32H50O8. The summed E-state index contributed by atoms with van der Waals surface area (Å²) in [5.74, 6) is -1.40. The van der Waals surface area contributed by atoms with Crippen molar-refractivity contribution in [1.29, 1.82) is 0 Å². The molecule has 0 spiro atoms. The van der Waals surface area contributed by atoms with E-state index >= 15 is 0 Å². The van der Waals surface area contributed by atoms with Crippen LogP contribution in [0, 0.1) is 11.8 Å². The van der Waals surface area contributed by atoms with Gasteiger partial charge in [-0.1, -0.05) is 50.3 Å². The summed E-state index contributed by atoms with van der Waals surface area (Å²) in [5.41, 5.74) is 0.569. The Hall–Kier alpha value is -2.10. The Kier molecular flexibility index (Phi) is 13.0. The number of cyclic esters (lactones) is 1. The topological polar surface area (TPSA) is 137 Å². The van der Waals surface area contributed by atoms with Crippen LogP contribution in [-0.4, -0.2) is 74.4 Å². The van der Waals surface area contributed by atoms with E-state index in [1.165, 1.54) is 0 Å². The van der Waals surface area contributed by atoms with Crippen LogP contribution >= 0.6 is 0 Å². The predicted molar refractivity (Wildman–Crippen MR) is 154 cm³/mol. The minimum absolute atomic E-state index is 0.100. The minimum Gasteiger partial charge on any atom is -0.459 e. The first kappa shape index (κ1) is 34.1. The van der Waals surface area contributed by atoms with Crippen LogP contribution in [0.25, 0.3) is 0 Å². The number of esters is 1. The first-order chi connectivity index (χ1) is 18.6. The van der Waals surface area contributed by atoms with Gasteiger partial charge in [-0.05, 0) is 77.2 Å². The number of hydrogen-bond donors (Lipinski definition) is 4. The third-order valence-corrected chi connectivity index (χ3v) is 7.89. The van der Waals surface area contributed by atoms with Gasteiger partial charge in [0.25, 0.3) is 0 Å². The van der Waals surface area contributed by atoms with Crippen LogP contribution in [0.2, 0.25) is 0 Å². The van der Waals surface area contributed by atoms with Gasteiger partial charge in [0.05, 0.1) is 30.0 Å². The van der Waals surface area contributed by atoms with Crippen LogP contribution in [-0.2, 0) is 19.1 Å². The van der Waals surface area contributed by atoms with Gasteiger partial charge in [-0.3, -0.25) is 4.79 Å². The summed E-state index contributed by atoms with van der Waals surface area (Å²) in [6.45, 7) is 14.7. The molecule has 0 aliphatic carbocycles. The molecule has 0 aromatic carbocycles. The van der Waals surface area contributed by atoms with Gasteiger partial charge >= 0.3 is 5.97 Å². The number of Topliss-reactive ketones (excluding diaryl/α,β-unsaturated/α-hetero) is 1. The number of aliphatic hydroxyl groups excluding tert-OH is 3. The van der Waals surface area contributed by atoms with Gasteiger partial charge in [-0.2, -0.15) is 0 Å². The van der Waals surface area contributed by atoms with E-state index < -0.39 is 54.1 Å². The van der Waals surface area contributed by atoms with Crippen molar-refractivity contribution in [1.82, 2.24) is 0 Å². The van der Waals surface area contributed by atoms with Crippen molar-refractivity contribution in [2.24, 2.45) is 11.8 Å². The quantitative estimate of drug-likeness (QED) is 0.197. The molecule has 9 atom stereocenters. The molecule has 0 amide bonds. The van der Waals surface area contributed by atoms with Crippen LogP contribution in [0.1, 0.15) is 86.5 Å². The molecule has 0 aromatic heterocycles. The summed E-state index contributed by atoms with van der Waals surface area (Å²) in [6.07, 6.45) is 5.95. The lowest BCUT2D eigenvalue weighted by atomic mass is 9.85.